The molecular weight excluding hydrogens is 206 g/mol. The smallest absolute Gasteiger partial charge is 0.200 e. The van der Waals surface area contributed by atoms with Gasteiger partial charge >= 0.3 is 0 Å². The first kappa shape index (κ1) is 10.3. The third kappa shape index (κ3) is 1.42. The molecule has 3 aromatic rings. The van der Waals surface area contributed by atoms with E-state index in [0.717, 1.165) is 0 Å². The zero-order chi connectivity index (χ0) is 12.0. The van der Waals surface area contributed by atoms with E-state index in [1.165, 1.54) is 32.8 Å². The van der Waals surface area contributed by atoms with Crippen LogP contribution in [0.3, 0.4) is 0 Å². The van der Waals surface area contributed by atoms with Crippen molar-refractivity contribution in [1.29, 1.82) is 0 Å². The number of aryl methyl sites for hydroxylation is 3. The van der Waals surface area contributed by atoms with E-state index >= 15 is 0 Å². The van der Waals surface area contributed by atoms with Crippen LogP contribution in [-0.2, 0) is 7.05 Å². The molecule has 1 heteroatoms. The van der Waals surface area contributed by atoms with E-state index in [1.807, 2.05) is 0 Å². The molecule has 0 fully saturated rings. The number of rotatable bonds is 0. The Morgan fingerprint density at radius 1 is 0.941 bits per heavy atom. The van der Waals surface area contributed by atoms with Gasteiger partial charge in [0.25, 0.3) is 0 Å². The summed E-state index contributed by atoms with van der Waals surface area (Å²) < 4.78 is 2.22. The number of hydrogen-bond donors (Lipinski definition) is 0. The Morgan fingerprint density at radius 3 is 2.59 bits per heavy atom. The second kappa shape index (κ2) is 3.56. The summed E-state index contributed by atoms with van der Waals surface area (Å²) in [6.45, 7) is 4.37. The molecule has 0 N–H and O–H groups in total. The van der Waals surface area contributed by atoms with Gasteiger partial charge in [0.1, 0.15) is 7.05 Å². The molecule has 0 bridgehead atoms. The van der Waals surface area contributed by atoms with Crippen LogP contribution in [-0.4, -0.2) is 0 Å². The Hall–Kier alpha value is -1.89. The second-order valence-corrected chi connectivity index (χ2v) is 4.75. The predicted molar refractivity (Wildman–Crippen MR) is 72.1 cm³/mol. The van der Waals surface area contributed by atoms with Crippen molar-refractivity contribution >= 4 is 21.7 Å². The summed E-state index contributed by atoms with van der Waals surface area (Å²) in [6, 6.07) is 13.1. The molecule has 0 aliphatic carbocycles. The maximum Gasteiger partial charge on any atom is 0.220 e. The van der Waals surface area contributed by atoms with E-state index in [4.69, 9.17) is 0 Å². The van der Waals surface area contributed by atoms with E-state index in [9.17, 15) is 0 Å². The fourth-order valence-electron chi connectivity index (χ4n) is 2.69. The predicted octanol–water partition coefficient (Wildman–Crippen LogP) is 3.43. The van der Waals surface area contributed by atoms with Crippen LogP contribution in [0.2, 0.25) is 0 Å². The molecule has 0 amide bonds. The van der Waals surface area contributed by atoms with Crippen LogP contribution >= 0.6 is 0 Å². The lowest BCUT2D eigenvalue weighted by Gasteiger charge is -2.07. The van der Waals surface area contributed by atoms with Crippen LogP contribution in [0.4, 0.5) is 0 Å². The number of benzene rings is 2. The first-order valence-corrected chi connectivity index (χ1v) is 5.96. The summed E-state index contributed by atoms with van der Waals surface area (Å²) in [5.74, 6) is 0. The highest BCUT2D eigenvalue weighted by Crippen LogP contribution is 2.28. The van der Waals surface area contributed by atoms with Crippen molar-refractivity contribution < 1.29 is 4.57 Å². The summed E-state index contributed by atoms with van der Waals surface area (Å²) in [4.78, 5) is 0. The number of nitrogens with zero attached hydrogens (tertiary/aromatic N) is 1. The first-order chi connectivity index (χ1) is 8.18. The van der Waals surface area contributed by atoms with Crippen LogP contribution in [0.15, 0.2) is 42.6 Å². The molecule has 17 heavy (non-hydrogen) atoms. The van der Waals surface area contributed by atoms with Gasteiger partial charge in [-0.15, -0.1) is 0 Å². The third-order valence-electron chi connectivity index (χ3n) is 3.52. The minimum Gasteiger partial charge on any atom is -0.200 e. The largest absolute Gasteiger partial charge is 0.220 e. The molecule has 0 saturated heterocycles. The van der Waals surface area contributed by atoms with Gasteiger partial charge in [0, 0.05) is 11.5 Å². The molecule has 84 valence electrons. The van der Waals surface area contributed by atoms with Gasteiger partial charge in [-0.05, 0) is 36.4 Å². The molecule has 1 nitrogen and oxygen atoms in total. The van der Waals surface area contributed by atoms with E-state index in [2.05, 4.69) is 68.1 Å². The van der Waals surface area contributed by atoms with Gasteiger partial charge in [-0.25, -0.2) is 4.57 Å². The second-order valence-electron chi connectivity index (χ2n) is 4.75. The van der Waals surface area contributed by atoms with Gasteiger partial charge in [0.2, 0.25) is 5.52 Å². The Labute approximate surface area is 101 Å². The molecule has 0 atom stereocenters. The van der Waals surface area contributed by atoms with Crippen molar-refractivity contribution in [3.8, 4) is 0 Å². The van der Waals surface area contributed by atoms with Crippen molar-refractivity contribution in [3.05, 3.63) is 53.7 Å². The molecule has 0 radical (unpaired) electrons. The highest BCUT2D eigenvalue weighted by atomic mass is 14.9. The van der Waals surface area contributed by atoms with Gasteiger partial charge in [-0.2, -0.15) is 0 Å². The first-order valence-electron chi connectivity index (χ1n) is 5.96. The van der Waals surface area contributed by atoms with Crippen LogP contribution in [0, 0.1) is 13.8 Å². The fourth-order valence-corrected chi connectivity index (χ4v) is 2.69. The Balaban J connectivity index is 2.70. The topological polar surface area (TPSA) is 3.88 Å². The Morgan fingerprint density at radius 2 is 1.76 bits per heavy atom. The molecule has 0 unspecified atom stereocenters. The summed E-state index contributed by atoms with van der Waals surface area (Å²) in [7, 11) is 2.12. The normalized spacial score (nSPS) is 11.2. The molecule has 3 rings (SSSR count). The molecule has 0 aliphatic heterocycles. The number of fused-ring (bicyclic) bond motifs is 3. The highest BCUT2D eigenvalue weighted by molar-refractivity contribution is 6.06. The maximum absolute atomic E-state index is 2.28. The molecular formula is C16H16N+. The molecule has 1 heterocycles. The maximum atomic E-state index is 2.28. The van der Waals surface area contributed by atoms with Gasteiger partial charge < -0.3 is 0 Å². The van der Waals surface area contributed by atoms with E-state index in [-0.39, 0.29) is 0 Å². The summed E-state index contributed by atoms with van der Waals surface area (Å²) in [5.41, 5.74) is 4.02. The Bertz CT molecular complexity index is 726. The van der Waals surface area contributed by atoms with Gasteiger partial charge in [-0.1, -0.05) is 24.3 Å². The third-order valence-corrected chi connectivity index (χ3v) is 3.52. The summed E-state index contributed by atoms with van der Waals surface area (Å²) in [5, 5.41) is 4.05. The van der Waals surface area contributed by atoms with Crippen LogP contribution < -0.4 is 4.57 Å². The number of hydrogen-bond acceptors (Lipinski definition) is 0. The fraction of sp³-hybridized carbons (Fsp3) is 0.188. The minimum absolute atomic E-state index is 1.33. The molecule has 2 aromatic carbocycles. The average Bonchev–Trinajstić information content (AvgIpc) is 2.30. The minimum atomic E-state index is 1.33. The van der Waals surface area contributed by atoms with E-state index in [1.54, 1.807) is 0 Å². The lowest BCUT2D eigenvalue weighted by molar-refractivity contribution is -0.644. The van der Waals surface area contributed by atoms with Gasteiger partial charge in [0.05, 0.1) is 5.39 Å². The molecule has 0 saturated carbocycles. The van der Waals surface area contributed by atoms with Crippen molar-refractivity contribution in [3.63, 3.8) is 0 Å². The van der Waals surface area contributed by atoms with Crippen molar-refractivity contribution in [1.82, 2.24) is 0 Å². The van der Waals surface area contributed by atoms with E-state index < -0.39 is 0 Å². The highest BCUT2D eigenvalue weighted by Gasteiger charge is 2.13. The van der Waals surface area contributed by atoms with Crippen molar-refractivity contribution in [2.45, 2.75) is 13.8 Å². The SMILES string of the molecule is Cc1cc2cccc(C)c2c2c1ccc[n+]2C. The van der Waals surface area contributed by atoms with Gasteiger partial charge in [-0.3, -0.25) is 0 Å². The number of pyridine rings is 1. The van der Waals surface area contributed by atoms with E-state index in [0.29, 0.717) is 0 Å². The standard InChI is InChI=1S/C16H16N/c1-11-6-4-7-13-10-12(2)14-8-5-9-17(3)16(14)15(11)13/h4-10H,1-3H3/q+1. The molecule has 0 spiro atoms. The van der Waals surface area contributed by atoms with Crippen LogP contribution in [0.25, 0.3) is 21.7 Å². The quantitative estimate of drug-likeness (QED) is 0.405. The average molecular weight is 222 g/mol. The summed E-state index contributed by atoms with van der Waals surface area (Å²) in [6.07, 6.45) is 2.12. The van der Waals surface area contributed by atoms with Crippen LogP contribution in [0.1, 0.15) is 11.1 Å². The van der Waals surface area contributed by atoms with Crippen LogP contribution in [0.5, 0.6) is 0 Å². The molecule has 1 aromatic heterocycles. The zero-order valence-corrected chi connectivity index (χ0v) is 10.5. The zero-order valence-electron chi connectivity index (χ0n) is 10.5. The number of aromatic nitrogens is 1. The molecule has 0 aliphatic rings. The van der Waals surface area contributed by atoms with Gasteiger partial charge in [0.15, 0.2) is 6.20 Å². The van der Waals surface area contributed by atoms with Crippen molar-refractivity contribution in [2.24, 2.45) is 7.05 Å². The Kier molecular flexibility index (Phi) is 2.15. The van der Waals surface area contributed by atoms with Crippen molar-refractivity contribution in [2.75, 3.05) is 0 Å². The summed E-state index contributed by atoms with van der Waals surface area (Å²) >= 11 is 0. The lowest BCUT2D eigenvalue weighted by atomic mass is 9.98. The lowest BCUT2D eigenvalue weighted by Crippen LogP contribution is -2.28. The monoisotopic (exact) mass is 222 g/mol.